The van der Waals surface area contributed by atoms with Crippen molar-refractivity contribution in [3.8, 4) is 5.75 Å². The summed E-state index contributed by atoms with van der Waals surface area (Å²) in [7, 11) is 0. The van der Waals surface area contributed by atoms with Crippen LogP contribution in [0.1, 0.15) is 18.4 Å². The second kappa shape index (κ2) is 9.54. The first-order chi connectivity index (χ1) is 15.8. The summed E-state index contributed by atoms with van der Waals surface area (Å²) < 4.78 is 45.3. The Hall–Kier alpha value is -2.88. The van der Waals surface area contributed by atoms with Crippen molar-refractivity contribution in [1.29, 1.82) is 0 Å². The number of likely N-dealkylation sites (tertiary alicyclic amines) is 1. The molecule has 33 heavy (non-hydrogen) atoms. The van der Waals surface area contributed by atoms with Crippen molar-refractivity contribution in [3.63, 3.8) is 0 Å². The van der Waals surface area contributed by atoms with E-state index in [1.807, 2.05) is 23.1 Å². The normalized spacial score (nSPS) is 17.8. The number of nitrogens with zero attached hydrogens (tertiary/aromatic N) is 2. The van der Waals surface area contributed by atoms with E-state index in [2.05, 4.69) is 5.32 Å². The smallest absolute Gasteiger partial charge is 0.418 e. The number of nitrogens with one attached hydrogen (secondary N) is 1. The maximum atomic E-state index is 13.2. The molecule has 3 amide bonds. The van der Waals surface area contributed by atoms with Gasteiger partial charge in [-0.25, -0.2) is 4.79 Å². The molecule has 2 aliphatic rings. The van der Waals surface area contributed by atoms with E-state index in [-0.39, 0.29) is 18.2 Å². The zero-order chi connectivity index (χ0) is 23.5. The number of thioether (sulfide) groups is 1. The molecule has 6 nitrogen and oxygen atoms in total. The molecule has 0 aromatic heterocycles. The van der Waals surface area contributed by atoms with Crippen molar-refractivity contribution >= 4 is 29.4 Å². The number of ether oxygens (including phenoxy) is 1. The minimum absolute atomic E-state index is 0.0647. The molecule has 2 fully saturated rings. The van der Waals surface area contributed by atoms with Crippen molar-refractivity contribution in [2.45, 2.75) is 23.9 Å². The highest BCUT2D eigenvalue weighted by molar-refractivity contribution is 8.00. The molecule has 176 valence electrons. The van der Waals surface area contributed by atoms with E-state index in [9.17, 15) is 22.8 Å². The molecule has 2 aromatic rings. The summed E-state index contributed by atoms with van der Waals surface area (Å²) in [5, 5.41) is 2.40. The average Bonchev–Trinajstić information content (AvgIpc) is 3.21. The van der Waals surface area contributed by atoms with Crippen LogP contribution in [0.15, 0.2) is 54.6 Å². The molecular formula is C23H24F3N3O3S. The van der Waals surface area contributed by atoms with Gasteiger partial charge in [0, 0.05) is 25.4 Å². The van der Waals surface area contributed by atoms with Gasteiger partial charge in [0.2, 0.25) is 0 Å². The summed E-state index contributed by atoms with van der Waals surface area (Å²) in [5.74, 6) is 1.31. The first kappa shape index (κ1) is 23.3. The minimum Gasteiger partial charge on any atom is -0.484 e. The number of hydrogen-bond donors (Lipinski definition) is 1. The summed E-state index contributed by atoms with van der Waals surface area (Å²) in [4.78, 5) is 28.4. The zero-order valence-corrected chi connectivity index (χ0v) is 18.6. The summed E-state index contributed by atoms with van der Waals surface area (Å²) >= 11 is 1.69. The van der Waals surface area contributed by atoms with Crippen molar-refractivity contribution in [1.82, 2.24) is 9.80 Å². The number of carbonyl (C=O) groups excluding carboxylic acids is 2. The highest BCUT2D eigenvalue weighted by atomic mass is 32.2. The number of para-hydroxylation sites is 2. The maximum absolute atomic E-state index is 13.2. The molecule has 0 bridgehead atoms. The van der Waals surface area contributed by atoms with E-state index in [0.717, 1.165) is 11.8 Å². The Bertz CT molecular complexity index is 995. The molecule has 4 rings (SSSR count). The lowest BCUT2D eigenvalue weighted by Crippen LogP contribution is -2.55. The van der Waals surface area contributed by atoms with Gasteiger partial charge in [-0.3, -0.25) is 4.79 Å². The summed E-state index contributed by atoms with van der Waals surface area (Å²) in [6, 6.07) is 13.5. The molecule has 0 radical (unpaired) electrons. The van der Waals surface area contributed by atoms with Gasteiger partial charge in [0.15, 0.2) is 6.61 Å². The van der Waals surface area contributed by atoms with Crippen LogP contribution in [-0.4, -0.2) is 58.6 Å². The molecule has 10 heteroatoms. The van der Waals surface area contributed by atoms with Crippen LogP contribution < -0.4 is 10.1 Å². The summed E-state index contributed by atoms with van der Waals surface area (Å²) in [6.07, 6.45) is -3.47. The van der Waals surface area contributed by atoms with Crippen LogP contribution in [0.2, 0.25) is 0 Å². The number of benzene rings is 2. The van der Waals surface area contributed by atoms with Crippen molar-refractivity contribution in [2.75, 3.05) is 37.3 Å². The van der Waals surface area contributed by atoms with Gasteiger partial charge in [-0.05, 0) is 37.1 Å². The molecule has 2 aromatic carbocycles. The fourth-order valence-corrected chi connectivity index (χ4v) is 5.68. The predicted octanol–water partition coefficient (Wildman–Crippen LogP) is 4.68. The van der Waals surface area contributed by atoms with E-state index >= 15 is 0 Å². The van der Waals surface area contributed by atoms with Gasteiger partial charge in [-0.15, -0.1) is 11.8 Å². The van der Waals surface area contributed by atoms with Gasteiger partial charge in [-0.2, -0.15) is 13.2 Å². The third-order valence-corrected chi connectivity index (χ3v) is 7.44. The quantitative estimate of drug-likeness (QED) is 0.692. The number of hydrogen-bond acceptors (Lipinski definition) is 4. The number of amides is 3. The van der Waals surface area contributed by atoms with Gasteiger partial charge in [0.25, 0.3) is 5.91 Å². The monoisotopic (exact) mass is 479 g/mol. The lowest BCUT2D eigenvalue weighted by molar-refractivity contribution is -0.137. The molecule has 2 heterocycles. The first-order valence-electron chi connectivity index (χ1n) is 10.6. The van der Waals surface area contributed by atoms with E-state index in [4.69, 9.17) is 4.74 Å². The molecule has 0 unspecified atom stereocenters. The third-order valence-electron chi connectivity index (χ3n) is 5.89. The number of anilines is 1. The minimum atomic E-state index is -4.56. The van der Waals surface area contributed by atoms with Crippen LogP contribution in [0.25, 0.3) is 0 Å². The summed E-state index contributed by atoms with van der Waals surface area (Å²) in [5.41, 5.74) is -1.14. The van der Waals surface area contributed by atoms with Gasteiger partial charge >= 0.3 is 12.2 Å². The van der Waals surface area contributed by atoms with Crippen LogP contribution in [0.4, 0.5) is 23.7 Å². The molecule has 1 N–H and O–H groups in total. The maximum Gasteiger partial charge on any atom is 0.418 e. The van der Waals surface area contributed by atoms with Crippen LogP contribution in [0, 0.1) is 0 Å². The predicted molar refractivity (Wildman–Crippen MR) is 120 cm³/mol. The Morgan fingerprint density at radius 2 is 1.67 bits per heavy atom. The highest BCUT2D eigenvalue weighted by Crippen LogP contribution is 2.44. The third kappa shape index (κ3) is 5.21. The molecule has 0 saturated carbocycles. The van der Waals surface area contributed by atoms with Gasteiger partial charge < -0.3 is 19.9 Å². The number of piperidine rings is 1. The second-order valence-electron chi connectivity index (χ2n) is 7.90. The van der Waals surface area contributed by atoms with Gasteiger partial charge in [-0.1, -0.05) is 30.3 Å². The Morgan fingerprint density at radius 1 is 1.00 bits per heavy atom. The standard InChI is InChI=1S/C23H24F3N3O3S/c24-23(25,26)18-8-4-5-9-19(18)27-21(31)28-12-10-22(11-13-28)29(14-15-33-22)20(30)16-32-17-6-2-1-3-7-17/h1-9H,10-16H2,(H,27,31). The number of alkyl halides is 3. The van der Waals surface area contributed by atoms with Crippen LogP contribution >= 0.6 is 11.8 Å². The Kier molecular flexibility index (Phi) is 6.73. The van der Waals surface area contributed by atoms with E-state index < -0.39 is 22.6 Å². The fourth-order valence-electron chi connectivity index (χ4n) is 4.21. The molecule has 1 spiro atoms. The fraction of sp³-hybridized carbons (Fsp3) is 0.391. The number of rotatable bonds is 4. The average molecular weight is 480 g/mol. The molecule has 0 aliphatic carbocycles. The highest BCUT2D eigenvalue weighted by Gasteiger charge is 2.47. The largest absolute Gasteiger partial charge is 0.484 e. The Balaban J connectivity index is 1.35. The lowest BCUT2D eigenvalue weighted by atomic mass is 10.0. The Morgan fingerprint density at radius 3 is 2.36 bits per heavy atom. The van der Waals surface area contributed by atoms with Gasteiger partial charge in [0.1, 0.15) is 5.75 Å². The SMILES string of the molecule is O=C(Nc1ccccc1C(F)(F)F)N1CCC2(CC1)SCCN2C(=O)COc1ccccc1. The number of urea groups is 1. The molecule has 0 atom stereocenters. The second-order valence-corrected chi connectivity index (χ2v) is 9.36. The first-order valence-corrected chi connectivity index (χ1v) is 11.6. The number of halogens is 3. The summed E-state index contributed by atoms with van der Waals surface area (Å²) in [6.45, 7) is 1.23. The topological polar surface area (TPSA) is 61.9 Å². The van der Waals surface area contributed by atoms with Crippen molar-refractivity contribution < 1.29 is 27.5 Å². The van der Waals surface area contributed by atoms with Crippen LogP contribution in [0.5, 0.6) is 5.75 Å². The Labute approximate surface area is 194 Å². The van der Waals surface area contributed by atoms with Crippen molar-refractivity contribution in [3.05, 3.63) is 60.2 Å². The van der Waals surface area contributed by atoms with Crippen LogP contribution in [-0.2, 0) is 11.0 Å². The van der Waals surface area contributed by atoms with Crippen LogP contribution in [0.3, 0.4) is 0 Å². The van der Waals surface area contributed by atoms with E-state index in [1.165, 1.54) is 23.1 Å². The molecule has 2 saturated heterocycles. The molecular weight excluding hydrogens is 455 g/mol. The van der Waals surface area contributed by atoms with Gasteiger partial charge in [0.05, 0.1) is 16.1 Å². The molecule has 2 aliphatic heterocycles. The number of carbonyl (C=O) groups is 2. The van der Waals surface area contributed by atoms with Crippen molar-refractivity contribution in [2.24, 2.45) is 0 Å². The van der Waals surface area contributed by atoms with E-state index in [0.29, 0.717) is 38.2 Å². The van der Waals surface area contributed by atoms with E-state index in [1.54, 1.807) is 23.9 Å². The zero-order valence-electron chi connectivity index (χ0n) is 17.8. The lowest BCUT2D eigenvalue weighted by Gasteiger charge is -2.44.